The Morgan fingerprint density at radius 1 is 0.667 bits per heavy atom. The van der Waals surface area contributed by atoms with Gasteiger partial charge in [0.15, 0.2) is 0 Å². The standard InChI is InChI=1S/C32H38BN3/c1-2-3-4-11-20-29(33-34-30-21-12-18-28-19-13-22-31(35-33)32(28)30)25-36(23-26-14-7-5-8-15-26)24-27-16-9-6-10-17-27/h5-10,12-19,21-22,29,34-35H,2-4,11,20,23-25H2,1H3. The summed E-state index contributed by atoms with van der Waals surface area (Å²) in [6.07, 6.45) is 6.38. The molecule has 0 aliphatic carbocycles. The summed E-state index contributed by atoms with van der Waals surface area (Å²) in [7, 11) is 0. The molecule has 4 aromatic carbocycles. The van der Waals surface area contributed by atoms with Crippen molar-refractivity contribution in [3.63, 3.8) is 0 Å². The Morgan fingerprint density at radius 3 is 1.81 bits per heavy atom. The molecule has 0 bridgehead atoms. The number of nitrogens with zero attached hydrogens (tertiary/aromatic N) is 1. The summed E-state index contributed by atoms with van der Waals surface area (Å²) < 4.78 is 0. The molecule has 184 valence electrons. The lowest BCUT2D eigenvalue weighted by atomic mass is 9.58. The zero-order chi connectivity index (χ0) is 24.6. The lowest BCUT2D eigenvalue weighted by Crippen LogP contribution is -2.45. The molecule has 0 spiro atoms. The molecule has 3 nitrogen and oxygen atoms in total. The fraction of sp³-hybridized carbons (Fsp3) is 0.312. The van der Waals surface area contributed by atoms with E-state index in [1.165, 1.54) is 65.4 Å². The third kappa shape index (κ3) is 6.11. The number of rotatable bonds is 12. The van der Waals surface area contributed by atoms with Crippen LogP contribution in [0.15, 0.2) is 97.1 Å². The molecule has 0 saturated carbocycles. The van der Waals surface area contributed by atoms with Crippen LogP contribution >= 0.6 is 0 Å². The second kappa shape index (κ2) is 12.1. The topological polar surface area (TPSA) is 27.3 Å². The molecule has 1 aliphatic heterocycles. The van der Waals surface area contributed by atoms with Crippen LogP contribution in [0.5, 0.6) is 0 Å². The second-order valence-electron chi connectivity index (χ2n) is 10.2. The van der Waals surface area contributed by atoms with Gasteiger partial charge in [-0.3, -0.25) is 4.90 Å². The van der Waals surface area contributed by atoms with Crippen LogP contribution in [0.1, 0.15) is 50.2 Å². The zero-order valence-electron chi connectivity index (χ0n) is 21.5. The van der Waals surface area contributed by atoms with Gasteiger partial charge in [0.25, 0.3) is 0 Å². The van der Waals surface area contributed by atoms with Crippen LogP contribution in [0.25, 0.3) is 10.8 Å². The quantitative estimate of drug-likeness (QED) is 0.160. The molecule has 5 rings (SSSR count). The van der Waals surface area contributed by atoms with Crippen LogP contribution in [-0.2, 0) is 13.1 Å². The average Bonchev–Trinajstić information content (AvgIpc) is 2.92. The number of hydrogen-bond acceptors (Lipinski definition) is 3. The van der Waals surface area contributed by atoms with Crippen molar-refractivity contribution >= 4 is 29.1 Å². The van der Waals surface area contributed by atoms with E-state index in [4.69, 9.17) is 0 Å². The first-order chi connectivity index (χ1) is 17.8. The van der Waals surface area contributed by atoms with Crippen molar-refractivity contribution in [2.75, 3.05) is 17.0 Å². The minimum atomic E-state index is 0.209. The van der Waals surface area contributed by atoms with Crippen molar-refractivity contribution in [3.05, 3.63) is 108 Å². The van der Waals surface area contributed by atoms with Crippen LogP contribution in [0.4, 0.5) is 11.4 Å². The number of anilines is 2. The molecule has 2 N–H and O–H groups in total. The summed E-state index contributed by atoms with van der Waals surface area (Å²) in [4.78, 5) is 2.64. The minimum absolute atomic E-state index is 0.209. The highest BCUT2D eigenvalue weighted by Gasteiger charge is 2.32. The monoisotopic (exact) mass is 475 g/mol. The third-order valence-corrected chi connectivity index (χ3v) is 7.42. The van der Waals surface area contributed by atoms with E-state index in [1.54, 1.807) is 0 Å². The molecule has 0 aromatic heterocycles. The highest BCUT2D eigenvalue weighted by molar-refractivity contribution is 6.69. The highest BCUT2D eigenvalue weighted by Crippen LogP contribution is 2.37. The van der Waals surface area contributed by atoms with Gasteiger partial charge in [0.1, 0.15) is 0 Å². The lowest BCUT2D eigenvalue weighted by molar-refractivity contribution is 0.249. The van der Waals surface area contributed by atoms with E-state index in [2.05, 4.69) is 119 Å². The van der Waals surface area contributed by atoms with Gasteiger partial charge in [-0.2, -0.15) is 0 Å². The highest BCUT2D eigenvalue weighted by atomic mass is 15.1. The van der Waals surface area contributed by atoms with Crippen molar-refractivity contribution in [3.8, 4) is 0 Å². The van der Waals surface area contributed by atoms with Crippen LogP contribution < -0.4 is 10.5 Å². The lowest BCUT2D eigenvalue weighted by Gasteiger charge is -2.35. The van der Waals surface area contributed by atoms with Gasteiger partial charge >= 0.3 is 6.98 Å². The fourth-order valence-corrected chi connectivity index (χ4v) is 5.58. The van der Waals surface area contributed by atoms with E-state index in [0.29, 0.717) is 5.82 Å². The zero-order valence-corrected chi connectivity index (χ0v) is 21.5. The van der Waals surface area contributed by atoms with Crippen LogP contribution in [0.3, 0.4) is 0 Å². The Balaban J connectivity index is 1.39. The number of hydrogen-bond donors (Lipinski definition) is 2. The maximum Gasteiger partial charge on any atom is 0.374 e. The first kappa shape index (κ1) is 24.5. The Labute approximate surface area is 217 Å². The van der Waals surface area contributed by atoms with E-state index in [0.717, 1.165) is 19.6 Å². The number of unbranched alkanes of at least 4 members (excludes halogenated alkanes) is 3. The van der Waals surface area contributed by atoms with E-state index in [1.807, 2.05) is 0 Å². The Morgan fingerprint density at radius 2 is 1.25 bits per heavy atom. The van der Waals surface area contributed by atoms with Gasteiger partial charge in [-0.15, -0.1) is 0 Å². The first-order valence-corrected chi connectivity index (χ1v) is 13.6. The molecular weight excluding hydrogens is 437 g/mol. The molecule has 0 fully saturated rings. The predicted molar refractivity (Wildman–Crippen MR) is 156 cm³/mol. The largest absolute Gasteiger partial charge is 0.409 e. The summed E-state index contributed by atoms with van der Waals surface area (Å²) in [5.74, 6) is 0.484. The van der Waals surface area contributed by atoms with E-state index < -0.39 is 0 Å². The second-order valence-corrected chi connectivity index (χ2v) is 10.2. The Kier molecular flexibility index (Phi) is 8.25. The minimum Gasteiger partial charge on any atom is -0.409 e. The maximum absolute atomic E-state index is 3.90. The summed E-state index contributed by atoms with van der Waals surface area (Å²) in [5.41, 5.74) is 5.25. The van der Waals surface area contributed by atoms with Crippen LogP contribution in [0.2, 0.25) is 5.82 Å². The van der Waals surface area contributed by atoms with Crippen molar-refractivity contribution in [1.29, 1.82) is 0 Å². The normalized spacial score (nSPS) is 13.4. The predicted octanol–water partition coefficient (Wildman–Crippen LogP) is 8.21. The van der Waals surface area contributed by atoms with E-state index in [-0.39, 0.29) is 6.98 Å². The van der Waals surface area contributed by atoms with Gasteiger partial charge in [-0.1, -0.05) is 124 Å². The molecule has 36 heavy (non-hydrogen) atoms. The van der Waals surface area contributed by atoms with E-state index in [9.17, 15) is 0 Å². The smallest absolute Gasteiger partial charge is 0.374 e. The summed E-state index contributed by atoms with van der Waals surface area (Å²) in [6, 6.07) is 35.1. The van der Waals surface area contributed by atoms with Gasteiger partial charge in [0, 0.05) is 29.9 Å². The van der Waals surface area contributed by atoms with Gasteiger partial charge in [-0.25, -0.2) is 0 Å². The van der Waals surface area contributed by atoms with Gasteiger partial charge in [-0.05, 0) is 41.0 Å². The average molecular weight is 475 g/mol. The number of benzene rings is 4. The molecule has 4 heteroatoms. The Hall–Kier alpha value is -3.24. The van der Waals surface area contributed by atoms with Crippen molar-refractivity contribution in [2.24, 2.45) is 0 Å². The summed E-state index contributed by atoms with van der Waals surface area (Å²) >= 11 is 0. The molecule has 1 heterocycles. The summed E-state index contributed by atoms with van der Waals surface area (Å²) in [5, 5.41) is 10.4. The van der Waals surface area contributed by atoms with Crippen molar-refractivity contribution < 1.29 is 0 Å². The molecular formula is C32H38BN3. The van der Waals surface area contributed by atoms with Crippen molar-refractivity contribution in [1.82, 2.24) is 4.90 Å². The molecule has 1 aliphatic rings. The fourth-order valence-electron chi connectivity index (χ4n) is 5.58. The summed E-state index contributed by atoms with van der Waals surface area (Å²) in [6.45, 7) is 5.46. The molecule has 0 amide bonds. The van der Waals surface area contributed by atoms with E-state index >= 15 is 0 Å². The SMILES string of the molecule is CCCCCCC(CN(Cc1ccccc1)Cc1ccccc1)B1Nc2cccc3cccc(c23)N1. The van der Waals surface area contributed by atoms with Gasteiger partial charge in [0.05, 0.1) is 0 Å². The van der Waals surface area contributed by atoms with Gasteiger partial charge < -0.3 is 10.5 Å². The van der Waals surface area contributed by atoms with Crippen LogP contribution in [-0.4, -0.2) is 18.4 Å². The Bertz CT molecular complexity index is 1150. The molecule has 1 atom stereocenters. The number of nitrogens with one attached hydrogen (secondary N) is 2. The van der Waals surface area contributed by atoms with Crippen molar-refractivity contribution in [2.45, 2.75) is 57.9 Å². The molecule has 0 radical (unpaired) electrons. The third-order valence-electron chi connectivity index (χ3n) is 7.42. The maximum atomic E-state index is 3.90. The molecule has 4 aromatic rings. The van der Waals surface area contributed by atoms with Crippen LogP contribution in [0, 0.1) is 0 Å². The molecule has 1 unspecified atom stereocenters. The van der Waals surface area contributed by atoms with Gasteiger partial charge in [0.2, 0.25) is 0 Å². The molecule has 0 saturated heterocycles. The first-order valence-electron chi connectivity index (χ1n) is 13.6.